The van der Waals surface area contributed by atoms with E-state index in [1.165, 1.54) is 16.7 Å². The molecule has 100 valence electrons. The molecule has 0 aromatic heterocycles. The van der Waals surface area contributed by atoms with Crippen molar-refractivity contribution in [3.63, 3.8) is 0 Å². The number of ether oxygens (including phenoxy) is 1. The summed E-state index contributed by atoms with van der Waals surface area (Å²) in [6, 6.07) is 7.21. The van der Waals surface area contributed by atoms with E-state index >= 15 is 0 Å². The zero-order chi connectivity index (χ0) is 13.1. The van der Waals surface area contributed by atoms with Crippen LogP contribution in [0.1, 0.15) is 23.6 Å². The molecule has 1 aromatic carbocycles. The van der Waals surface area contributed by atoms with E-state index in [0.29, 0.717) is 12.1 Å². The van der Waals surface area contributed by atoms with Crippen LogP contribution in [0.5, 0.6) is 0 Å². The summed E-state index contributed by atoms with van der Waals surface area (Å²) >= 11 is 3.52. The van der Waals surface area contributed by atoms with Crippen LogP contribution in [0, 0.1) is 13.8 Å². The Bertz CT molecular complexity index is 407. The van der Waals surface area contributed by atoms with Gasteiger partial charge >= 0.3 is 0 Å². The molecule has 1 aromatic rings. The summed E-state index contributed by atoms with van der Waals surface area (Å²) in [5, 5.41) is 0.920. The van der Waals surface area contributed by atoms with E-state index in [-0.39, 0.29) is 0 Å². The minimum absolute atomic E-state index is 0.325. The lowest BCUT2D eigenvalue weighted by molar-refractivity contribution is -0.0500. The Kier molecular flexibility index (Phi) is 4.82. The fraction of sp³-hybridized carbons (Fsp3) is 0.600. The van der Waals surface area contributed by atoms with E-state index in [1.807, 2.05) is 0 Å². The standard InChI is InChI=1S/C15H22BrNO/c1-11-4-5-12(2)14(6-11)8-17-9-15(7-16)18-10-13(17)3/h4-6,13,15H,7-10H2,1-3H3. The van der Waals surface area contributed by atoms with Crippen LogP contribution in [0.3, 0.4) is 0 Å². The van der Waals surface area contributed by atoms with E-state index in [2.05, 4.69) is 59.8 Å². The summed E-state index contributed by atoms with van der Waals surface area (Å²) in [5.41, 5.74) is 4.17. The molecule has 2 atom stereocenters. The van der Waals surface area contributed by atoms with Gasteiger partial charge in [-0.3, -0.25) is 4.90 Å². The third-order valence-electron chi connectivity index (χ3n) is 3.68. The number of nitrogens with zero attached hydrogens (tertiary/aromatic N) is 1. The summed E-state index contributed by atoms with van der Waals surface area (Å²) in [7, 11) is 0. The Morgan fingerprint density at radius 3 is 2.89 bits per heavy atom. The molecule has 2 rings (SSSR count). The molecule has 1 fully saturated rings. The molecule has 0 bridgehead atoms. The molecule has 0 saturated carbocycles. The van der Waals surface area contributed by atoms with Crippen LogP contribution in [0.2, 0.25) is 0 Å². The highest BCUT2D eigenvalue weighted by Gasteiger charge is 2.25. The fourth-order valence-corrected chi connectivity index (χ4v) is 2.77. The molecule has 0 spiro atoms. The zero-order valence-corrected chi connectivity index (χ0v) is 13.0. The number of alkyl halides is 1. The normalized spacial score (nSPS) is 25.3. The van der Waals surface area contributed by atoms with Gasteiger partial charge in [0.25, 0.3) is 0 Å². The second-order valence-electron chi connectivity index (χ2n) is 5.32. The first-order valence-electron chi connectivity index (χ1n) is 6.58. The van der Waals surface area contributed by atoms with Crippen LogP contribution in [0.4, 0.5) is 0 Å². The molecule has 2 nitrogen and oxygen atoms in total. The second kappa shape index (κ2) is 6.18. The molecule has 1 aliphatic heterocycles. The molecule has 1 saturated heterocycles. The summed E-state index contributed by atoms with van der Waals surface area (Å²) in [5.74, 6) is 0. The van der Waals surface area contributed by atoms with Crippen LogP contribution in [-0.2, 0) is 11.3 Å². The largest absolute Gasteiger partial charge is 0.374 e. The van der Waals surface area contributed by atoms with Crippen molar-refractivity contribution in [2.75, 3.05) is 18.5 Å². The Morgan fingerprint density at radius 1 is 1.39 bits per heavy atom. The van der Waals surface area contributed by atoms with Gasteiger partial charge in [0, 0.05) is 24.5 Å². The van der Waals surface area contributed by atoms with Gasteiger partial charge in [0.15, 0.2) is 0 Å². The predicted octanol–water partition coefficient (Wildman–Crippen LogP) is 3.29. The van der Waals surface area contributed by atoms with E-state index in [4.69, 9.17) is 4.74 Å². The van der Waals surface area contributed by atoms with Crippen LogP contribution < -0.4 is 0 Å². The Morgan fingerprint density at radius 2 is 2.17 bits per heavy atom. The second-order valence-corrected chi connectivity index (χ2v) is 5.97. The first-order valence-corrected chi connectivity index (χ1v) is 7.70. The number of hydrogen-bond donors (Lipinski definition) is 0. The Hall–Kier alpha value is -0.380. The molecule has 1 heterocycles. The van der Waals surface area contributed by atoms with Crippen molar-refractivity contribution in [3.05, 3.63) is 34.9 Å². The van der Waals surface area contributed by atoms with E-state index in [1.54, 1.807) is 0 Å². The summed E-state index contributed by atoms with van der Waals surface area (Å²) in [4.78, 5) is 2.52. The smallest absolute Gasteiger partial charge is 0.0799 e. The minimum atomic E-state index is 0.325. The van der Waals surface area contributed by atoms with Crippen LogP contribution >= 0.6 is 15.9 Å². The van der Waals surface area contributed by atoms with Crippen molar-refractivity contribution in [2.24, 2.45) is 0 Å². The van der Waals surface area contributed by atoms with Crippen molar-refractivity contribution in [3.8, 4) is 0 Å². The third-order valence-corrected chi connectivity index (χ3v) is 4.41. The monoisotopic (exact) mass is 311 g/mol. The van der Waals surface area contributed by atoms with E-state index in [0.717, 1.165) is 25.0 Å². The summed E-state index contributed by atoms with van der Waals surface area (Å²) in [6.07, 6.45) is 0.325. The van der Waals surface area contributed by atoms with Gasteiger partial charge in [-0.05, 0) is 31.9 Å². The maximum Gasteiger partial charge on any atom is 0.0799 e. The van der Waals surface area contributed by atoms with Crippen molar-refractivity contribution in [2.45, 2.75) is 39.5 Å². The van der Waals surface area contributed by atoms with E-state index < -0.39 is 0 Å². The zero-order valence-electron chi connectivity index (χ0n) is 11.4. The molecular formula is C15H22BrNO. The number of rotatable bonds is 3. The number of aryl methyl sites for hydroxylation is 2. The van der Waals surface area contributed by atoms with Gasteiger partial charge in [-0.25, -0.2) is 0 Å². The highest BCUT2D eigenvalue weighted by Crippen LogP contribution is 2.19. The van der Waals surface area contributed by atoms with Gasteiger partial charge in [0.1, 0.15) is 0 Å². The first-order chi connectivity index (χ1) is 8.60. The molecule has 1 aliphatic rings. The predicted molar refractivity (Wildman–Crippen MR) is 79.3 cm³/mol. The Balaban J connectivity index is 2.09. The number of halogens is 1. The number of hydrogen-bond acceptors (Lipinski definition) is 2. The number of morpholine rings is 1. The maximum atomic E-state index is 5.77. The lowest BCUT2D eigenvalue weighted by Gasteiger charge is -2.37. The van der Waals surface area contributed by atoms with Gasteiger partial charge in [0.05, 0.1) is 12.7 Å². The van der Waals surface area contributed by atoms with Crippen LogP contribution in [0.25, 0.3) is 0 Å². The molecule has 0 amide bonds. The molecule has 2 unspecified atom stereocenters. The number of benzene rings is 1. The quantitative estimate of drug-likeness (QED) is 0.794. The first kappa shape index (κ1) is 14.0. The van der Waals surface area contributed by atoms with Gasteiger partial charge in [-0.2, -0.15) is 0 Å². The summed E-state index contributed by atoms with van der Waals surface area (Å²) in [6.45, 7) is 9.48. The third kappa shape index (κ3) is 3.34. The molecule has 18 heavy (non-hydrogen) atoms. The minimum Gasteiger partial charge on any atom is -0.374 e. The SMILES string of the molecule is Cc1ccc(C)c(CN2CC(CBr)OCC2C)c1. The lowest BCUT2D eigenvalue weighted by atomic mass is 10.0. The molecular weight excluding hydrogens is 290 g/mol. The van der Waals surface area contributed by atoms with Crippen LogP contribution in [-0.4, -0.2) is 35.5 Å². The summed E-state index contributed by atoms with van der Waals surface area (Å²) < 4.78 is 5.77. The highest BCUT2D eigenvalue weighted by atomic mass is 79.9. The maximum absolute atomic E-state index is 5.77. The average molecular weight is 312 g/mol. The average Bonchev–Trinajstić information content (AvgIpc) is 2.36. The molecule has 0 radical (unpaired) electrons. The molecule has 0 N–H and O–H groups in total. The molecule has 3 heteroatoms. The van der Waals surface area contributed by atoms with Crippen LogP contribution in [0.15, 0.2) is 18.2 Å². The molecule has 0 aliphatic carbocycles. The van der Waals surface area contributed by atoms with Gasteiger partial charge in [0.2, 0.25) is 0 Å². The van der Waals surface area contributed by atoms with Crippen molar-refractivity contribution in [1.82, 2.24) is 4.90 Å². The topological polar surface area (TPSA) is 12.5 Å². The lowest BCUT2D eigenvalue weighted by Crippen LogP contribution is -2.48. The van der Waals surface area contributed by atoms with Crippen molar-refractivity contribution in [1.29, 1.82) is 0 Å². The van der Waals surface area contributed by atoms with Crippen molar-refractivity contribution < 1.29 is 4.74 Å². The van der Waals surface area contributed by atoms with Gasteiger partial charge < -0.3 is 4.74 Å². The van der Waals surface area contributed by atoms with Gasteiger partial charge in [-0.15, -0.1) is 0 Å². The van der Waals surface area contributed by atoms with Crippen molar-refractivity contribution >= 4 is 15.9 Å². The highest BCUT2D eigenvalue weighted by molar-refractivity contribution is 9.09. The Labute approximate surface area is 118 Å². The van der Waals surface area contributed by atoms with Gasteiger partial charge in [-0.1, -0.05) is 39.7 Å². The fourth-order valence-electron chi connectivity index (χ4n) is 2.38. The van der Waals surface area contributed by atoms with E-state index in [9.17, 15) is 0 Å².